The molecule has 3 aromatic carbocycles. The summed E-state index contributed by atoms with van der Waals surface area (Å²) in [5, 5.41) is 16.5. The number of fused-ring (bicyclic) bond motifs is 1. The second-order valence-electron chi connectivity index (χ2n) is 6.05. The van der Waals surface area contributed by atoms with Crippen molar-refractivity contribution in [1.29, 1.82) is 0 Å². The highest BCUT2D eigenvalue weighted by Crippen LogP contribution is 2.28. The molecule has 0 saturated carbocycles. The molecule has 0 spiro atoms. The molecule has 4 rings (SSSR count). The van der Waals surface area contributed by atoms with Gasteiger partial charge in [0.1, 0.15) is 0 Å². The summed E-state index contributed by atoms with van der Waals surface area (Å²) < 4.78 is 0.592. The molecule has 0 radical (unpaired) electrons. The molecular formula is C21H13BrN2O3S. The molecule has 1 aromatic heterocycles. The number of carboxylic acids is 1. The molecule has 0 saturated heterocycles. The molecule has 28 heavy (non-hydrogen) atoms. The summed E-state index contributed by atoms with van der Waals surface area (Å²) in [4.78, 5) is 28.4. The van der Waals surface area contributed by atoms with Crippen LogP contribution in [0.15, 0.2) is 70.5 Å². The van der Waals surface area contributed by atoms with Crippen LogP contribution in [0.5, 0.6) is 0 Å². The summed E-state index contributed by atoms with van der Waals surface area (Å²) in [5.41, 5.74) is 1.71. The van der Waals surface area contributed by atoms with Gasteiger partial charge in [0.05, 0.1) is 16.8 Å². The van der Waals surface area contributed by atoms with Crippen molar-refractivity contribution < 1.29 is 14.7 Å². The van der Waals surface area contributed by atoms with E-state index in [1.807, 2.05) is 47.8 Å². The lowest BCUT2D eigenvalue weighted by atomic mass is 10.1. The van der Waals surface area contributed by atoms with E-state index in [9.17, 15) is 14.7 Å². The van der Waals surface area contributed by atoms with E-state index in [0.29, 0.717) is 9.60 Å². The maximum absolute atomic E-state index is 12.5. The van der Waals surface area contributed by atoms with Crippen molar-refractivity contribution in [2.75, 3.05) is 5.32 Å². The van der Waals surface area contributed by atoms with Crippen LogP contribution in [-0.2, 0) is 0 Å². The van der Waals surface area contributed by atoms with E-state index in [1.165, 1.54) is 23.5 Å². The van der Waals surface area contributed by atoms with E-state index in [-0.39, 0.29) is 11.1 Å². The molecule has 2 N–H and O–H groups in total. The number of carbonyl (C=O) groups is 2. The number of aromatic nitrogens is 1. The Hall–Kier alpha value is -3.03. The summed E-state index contributed by atoms with van der Waals surface area (Å²) in [5.74, 6) is -1.67. The first-order valence-electron chi connectivity index (χ1n) is 8.30. The number of benzene rings is 3. The molecule has 0 atom stereocenters. The van der Waals surface area contributed by atoms with Crippen LogP contribution < -0.4 is 5.32 Å². The number of halogens is 1. The number of rotatable bonds is 4. The SMILES string of the molecule is O=C(O)c1cc(Br)ccc1C(=O)Nc1nc(-c2ccc3ccccc3c2)cs1. The van der Waals surface area contributed by atoms with E-state index in [2.05, 4.69) is 26.2 Å². The summed E-state index contributed by atoms with van der Waals surface area (Å²) in [6, 6.07) is 18.6. The largest absolute Gasteiger partial charge is 0.478 e. The van der Waals surface area contributed by atoms with Crippen molar-refractivity contribution in [3.63, 3.8) is 0 Å². The second-order valence-corrected chi connectivity index (χ2v) is 7.82. The lowest BCUT2D eigenvalue weighted by Crippen LogP contribution is -2.16. The number of hydrogen-bond acceptors (Lipinski definition) is 4. The summed E-state index contributed by atoms with van der Waals surface area (Å²) in [6.45, 7) is 0. The third kappa shape index (κ3) is 3.67. The van der Waals surface area contributed by atoms with E-state index in [1.54, 1.807) is 6.07 Å². The van der Waals surface area contributed by atoms with Gasteiger partial charge in [-0.1, -0.05) is 52.3 Å². The molecular weight excluding hydrogens is 440 g/mol. The van der Waals surface area contributed by atoms with Crippen LogP contribution in [0.2, 0.25) is 0 Å². The zero-order valence-corrected chi connectivity index (χ0v) is 16.8. The first-order valence-corrected chi connectivity index (χ1v) is 9.97. The molecule has 1 heterocycles. The zero-order chi connectivity index (χ0) is 19.7. The van der Waals surface area contributed by atoms with Gasteiger partial charge in [-0.2, -0.15) is 0 Å². The Morgan fingerprint density at radius 1 is 0.964 bits per heavy atom. The third-order valence-electron chi connectivity index (χ3n) is 4.23. The average molecular weight is 453 g/mol. The number of hydrogen-bond donors (Lipinski definition) is 2. The molecule has 138 valence electrons. The Morgan fingerprint density at radius 2 is 1.75 bits per heavy atom. The highest BCUT2D eigenvalue weighted by atomic mass is 79.9. The van der Waals surface area contributed by atoms with Gasteiger partial charge in [0.25, 0.3) is 5.91 Å². The Kier molecular flexibility index (Phi) is 4.93. The number of nitrogens with one attached hydrogen (secondary N) is 1. The van der Waals surface area contributed by atoms with Crippen molar-refractivity contribution in [2.45, 2.75) is 0 Å². The molecule has 4 aromatic rings. The highest BCUT2D eigenvalue weighted by Gasteiger charge is 2.18. The number of nitrogens with zero attached hydrogens (tertiary/aromatic N) is 1. The molecule has 1 amide bonds. The molecule has 0 aliphatic rings. The van der Waals surface area contributed by atoms with Crippen LogP contribution in [0.3, 0.4) is 0 Å². The molecule has 0 aliphatic carbocycles. The Morgan fingerprint density at radius 3 is 2.54 bits per heavy atom. The standard InChI is InChI=1S/C21H13BrN2O3S/c22-15-7-8-16(17(10-15)20(26)27)19(25)24-21-23-18(11-28-21)14-6-5-12-3-1-2-4-13(12)9-14/h1-11H,(H,26,27)(H,23,24,25). The summed E-state index contributed by atoms with van der Waals surface area (Å²) >= 11 is 4.51. The predicted octanol–water partition coefficient (Wildman–Crippen LogP) is 5.68. The summed E-state index contributed by atoms with van der Waals surface area (Å²) in [6.07, 6.45) is 0. The molecule has 0 aliphatic heterocycles. The topological polar surface area (TPSA) is 79.3 Å². The molecule has 7 heteroatoms. The van der Waals surface area contributed by atoms with E-state index in [4.69, 9.17) is 0 Å². The number of aromatic carboxylic acids is 1. The number of amides is 1. The second kappa shape index (κ2) is 7.53. The van der Waals surface area contributed by atoms with Crippen LogP contribution in [0.25, 0.3) is 22.0 Å². The quantitative estimate of drug-likeness (QED) is 0.417. The zero-order valence-electron chi connectivity index (χ0n) is 14.3. The number of carboxylic acid groups (broad SMARTS) is 1. The van der Waals surface area contributed by atoms with Gasteiger partial charge in [0.15, 0.2) is 5.13 Å². The molecule has 0 fully saturated rings. The van der Waals surface area contributed by atoms with E-state index in [0.717, 1.165) is 22.0 Å². The van der Waals surface area contributed by atoms with Crippen LogP contribution in [0.1, 0.15) is 20.7 Å². The van der Waals surface area contributed by atoms with Crippen LogP contribution in [0, 0.1) is 0 Å². The van der Waals surface area contributed by atoms with Crippen LogP contribution >= 0.6 is 27.3 Å². The minimum Gasteiger partial charge on any atom is -0.478 e. The van der Waals surface area contributed by atoms with Gasteiger partial charge in [0.2, 0.25) is 0 Å². The lowest BCUT2D eigenvalue weighted by molar-refractivity contribution is 0.0692. The molecule has 5 nitrogen and oxygen atoms in total. The van der Waals surface area contributed by atoms with Gasteiger partial charge in [-0.3, -0.25) is 10.1 Å². The fourth-order valence-corrected chi connectivity index (χ4v) is 3.94. The van der Waals surface area contributed by atoms with Gasteiger partial charge in [-0.05, 0) is 35.0 Å². The summed E-state index contributed by atoms with van der Waals surface area (Å²) in [7, 11) is 0. The maximum Gasteiger partial charge on any atom is 0.336 e. The van der Waals surface area contributed by atoms with Crippen molar-refractivity contribution in [2.24, 2.45) is 0 Å². The average Bonchev–Trinajstić information content (AvgIpc) is 3.15. The van der Waals surface area contributed by atoms with Gasteiger partial charge in [-0.25, -0.2) is 9.78 Å². The Labute approximate surface area is 172 Å². The monoisotopic (exact) mass is 452 g/mol. The van der Waals surface area contributed by atoms with E-state index >= 15 is 0 Å². The Balaban J connectivity index is 1.59. The van der Waals surface area contributed by atoms with Gasteiger partial charge in [-0.15, -0.1) is 11.3 Å². The molecule has 0 bridgehead atoms. The fourth-order valence-electron chi connectivity index (χ4n) is 2.87. The third-order valence-corrected chi connectivity index (χ3v) is 5.48. The number of anilines is 1. The highest BCUT2D eigenvalue weighted by molar-refractivity contribution is 9.10. The van der Waals surface area contributed by atoms with Crippen molar-refractivity contribution in [3.05, 3.63) is 81.6 Å². The van der Waals surface area contributed by atoms with Gasteiger partial charge in [0, 0.05) is 15.4 Å². The van der Waals surface area contributed by atoms with E-state index < -0.39 is 11.9 Å². The van der Waals surface area contributed by atoms with Crippen LogP contribution in [0.4, 0.5) is 5.13 Å². The first kappa shape index (κ1) is 18.3. The Bertz CT molecular complexity index is 1220. The van der Waals surface area contributed by atoms with Gasteiger partial charge < -0.3 is 5.11 Å². The number of carbonyl (C=O) groups excluding carboxylic acids is 1. The van der Waals surface area contributed by atoms with Crippen molar-refractivity contribution in [1.82, 2.24) is 4.98 Å². The van der Waals surface area contributed by atoms with Crippen LogP contribution in [-0.4, -0.2) is 22.0 Å². The minimum atomic E-state index is -1.16. The smallest absolute Gasteiger partial charge is 0.336 e. The predicted molar refractivity (Wildman–Crippen MR) is 114 cm³/mol. The van der Waals surface area contributed by atoms with Crippen molar-refractivity contribution in [3.8, 4) is 11.3 Å². The normalized spacial score (nSPS) is 10.8. The van der Waals surface area contributed by atoms with Crippen molar-refractivity contribution >= 4 is 55.0 Å². The fraction of sp³-hybridized carbons (Fsp3) is 0. The maximum atomic E-state index is 12.5. The lowest BCUT2D eigenvalue weighted by Gasteiger charge is -2.06. The first-order chi connectivity index (χ1) is 13.5. The minimum absolute atomic E-state index is 0.0711. The number of thiazole rings is 1. The van der Waals surface area contributed by atoms with Gasteiger partial charge >= 0.3 is 5.97 Å². The molecule has 0 unspecified atom stereocenters.